The highest BCUT2D eigenvalue weighted by Gasteiger charge is 2.36. The number of nitrogens with two attached hydrogens (primary N) is 1. The fourth-order valence-corrected chi connectivity index (χ4v) is 4.12. The summed E-state index contributed by atoms with van der Waals surface area (Å²) < 4.78 is 33.8. The number of pyridine rings is 2. The van der Waals surface area contributed by atoms with Gasteiger partial charge in [0.05, 0.1) is 35.9 Å². The summed E-state index contributed by atoms with van der Waals surface area (Å²) in [4.78, 5) is 36.5. The van der Waals surface area contributed by atoms with Crippen molar-refractivity contribution in [3.63, 3.8) is 0 Å². The predicted molar refractivity (Wildman–Crippen MR) is 116 cm³/mol. The first-order valence-corrected chi connectivity index (χ1v) is 10.6. The normalized spacial score (nSPS) is 20.3. The standard InChI is InChI=1S/C22H22F2N6O3/c23-22(24)2-5-28(6-3-22)20(31)15-7-14-1-4-29(19(14)27-10-15)16-8-17(12-26-11-16)30-13-18(9-25)33-21(30)32/h1,4,7-8,10-12,18H,2-3,5-6,9,13,25H2/t18-/m1/s1. The minimum absolute atomic E-state index is 0.0211. The van der Waals surface area contributed by atoms with Gasteiger partial charge in [0.2, 0.25) is 0 Å². The Kier molecular flexibility index (Phi) is 5.20. The van der Waals surface area contributed by atoms with Crippen LogP contribution in [-0.2, 0) is 4.74 Å². The molecule has 0 radical (unpaired) electrons. The van der Waals surface area contributed by atoms with E-state index >= 15 is 0 Å². The largest absolute Gasteiger partial charge is 0.443 e. The van der Waals surface area contributed by atoms with Crippen LogP contribution in [0.5, 0.6) is 0 Å². The highest BCUT2D eigenvalue weighted by atomic mass is 19.3. The van der Waals surface area contributed by atoms with Gasteiger partial charge in [-0.25, -0.2) is 18.6 Å². The van der Waals surface area contributed by atoms with Gasteiger partial charge in [-0.3, -0.25) is 19.2 Å². The van der Waals surface area contributed by atoms with E-state index in [2.05, 4.69) is 9.97 Å². The number of rotatable bonds is 4. The number of carbonyl (C=O) groups is 2. The van der Waals surface area contributed by atoms with Gasteiger partial charge >= 0.3 is 6.09 Å². The van der Waals surface area contributed by atoms with Gasteiger partial charge in [-0.05, 0) is 18.2 Å². The first-order valence-electron chi connectivity index (χ1n) is 10.6. The number of alkyl halides is 2. The molecule has 2 aliphatic heterocycles. The Bertz CT molecular complexity index is 1220. The maximum Gasteiger partial charge on any atom is 0.414 e. The topological polar surface area (TPSA) is 107 Å². The van der Waals surface area contributed by atoms with Gasteiger partial charge in [0.1, 0.15) is 11.8 Å². The van der Waals surface area contributed by atoms with Crippen molar-refractivity contribution >= 4 is 28.7 Å². The molecule has 0 saturated carbocycles. The SMILES string of the molecule is NC[C@@H]1CN(c2cncc(-n3ccc4cc(C(=O)N5CCC(F)(F)CC5)cnc43)c2)C(=O)O1. The van der Waals surface area contributed by atoms with Crippen LogP contribution in [-0.4, -0.2) is 69.6 Å². The molecule has 5 heterocycles. The van der Waals surface area contributed by atoms with Crippen molar-refractivity contribution in [2.45, 2.75) is 24.9 Å². The monoisotopic (exact) mass is 456 g/mol. The van der Waals surface area contributed by atoms with Crippen LogP contribution >= 0.6 is 0 Å². The van der Waals surface area contributed by atoms with Gasteiger partial charge in [-0.1, -0.05) is 0 Å². The van der Waals surface area contributed by atoms with E-state index in [0.29, 0.717) is 29.1 Å². The number of anilines is 1. The van der Waals surface area contributed by atoms with Crippen LogP contribution in [0.25, 0.3) is 16.7 Å². The molecular formula is C22H22F2N6O3. The number of carbonyl (C=O) groups excluding carboxylic acids is 2. The molecular weight excluding hydrogens is 434 g/mol. The molecule has 2 amide bonds. The van der Waals surface area contributed by atoms with Crippen LogP contribution < -0.4 is 10.6 Å². The van der Waals surface area contributed by atoms with Crippen molar-refractivity contribution in [3.05, 3.63) is 48.5 Å². The van der Waals surface area contributed by atoms with E-state index in [4.69, 9.17) is 10.5 Å². The minimum Gasteiger partial charge on any atom is -0.443 e. The Labute approximate surface area is 187 Å². The van der Waals surface area contributed by atoms with Gasteiger partial charge in [-0.2, -0.15) is 0 Å². The van der Waals surface area contributed by atoms with Crippen LogP contribution in [0.1, 0.15) is 23.2 Å². The number of hydrogen-bond donors (Lipinski definition) is 1. The second kappa shape index (κ2) is 8.07. The lowest BCUT2D eigenvalue weighted by Crippen LogP contribution is -2.42. The number of aromatic nitrogens is 3. The highest BCUT2D eigenvalue weighted by molar-refractivity contribution is 5.97. The molecule has 0 unspecified atom stereocenters. The molecule has 2 saturated heterocycles. The minimum atomic E-state index is -2.71. The number of likely N-dealkylation sites (tertiary alicyclic amines) is 1. The zero-order chi connectivity index (χ0) is 23.2. The third-order valence-electron chi connectivity index (χ3n) is 5.99. The molecule has 2 fully saturated rings. The molecule has 33 heavy (non-hydrogen) atoms. The Morgan fingerprint density at radius 2 is 1.94 bits per heavy atom. The average molecular weight is 456 g/mol. The fraction of sp³-hybridized carbons (Fsp3) is 0.364. The number of fused-ring (bicyclic) bond motifs is 1. The van der Waals surface area contributed by atoms with Crippen molar-refractivity contribution in [1.82, 2.24) is 19.4 Å². The zero-order valence-electron chi connectivity index (χ0n) is 17.7. The Balaban J connectivity index is 1.40. The van der Waals surface area contributed by atoms with Gasteiger partial charge in [0.25, 0.3) is 11.8 Å². The fourth-order valence-electron chi connectivity index (χ4n) is 4.12. The molecule has 0 aromatic carbocycles. The number of amides is 2. The second-order valence-corrected chi connectivity index (χ2v) is 8.22. The Morgan fingerprint density at radius 1 is 1.18 bits per heavy atom. The average Bonchev–Trinajstić information content (AvgIpc) is 3.41. The molecule has 3 aromatic rings. The summed E-state index contributed by atoms with van der Waals surface area (Å²) in [7, 11) is 0. The van der Waals surface area contributed by atoms with Gasteiger partial charge in [-0.15, -0.1) is 0 Å². The number of nitrogens with zero attached hydrogens (tertiary/aromatic N) is 5. The summed E-state index contributed by atoms with van der Waals surface area (Å²) in [6.45, 7) is 0.627. The molecule has 9 nitrogen and oxygen atoms in total. The molecule has 5 rings (SSSR count). The summed E-state index contributed by atoms with van der Waals surface area (Å²) in [5.41, 5.74) is 7.81. The van der Waals surface area contributed by atoms with E-state index in [-0.39, 0.29) is 44.5 Å². The summed E-state index contributed by atoms with van der Waals surface area (Å²) in [6.07, 6.45) is 4.96. The van der Waals surface area contributed by atoms with Crippen molar-refractivity contribution in [3.8, 4) is 5.69 Å². The van der Waals surface area contributed by atoms with Crippen LogP contribution in [0.15, 0.2) is 43.0 Å². The predicted octanol–water partition coefficient (Wildman–Crippen LogP) is 2.58. The molecule has 2 N–H and O–H groups in total. The van der Waals surface area contributed by atoms with Crippen LogP contribution in [0.4, 0.5) is 19.3 Å². The number of piperidine rings is 1. The molecule has 0 spiro atoms. The lowest BCUT2D eigenvalue weighted by molar-refractivity contribution is -0.0494. The third-order valence-corrected chi connectivity index (χ3v) is 5.99. The van der Waals surface area contributed by atoms with Crippen molar-refractivity contribution in [2.24, 2.45) is 5.73 Å². The van der Waals surface area contributed by atoms with E-state index < -0.39 is 12.0 Å². The maximum absolute atomic E-state index is 13.4. The zero-order valence-corrected chi connectivity index (χ0v) is 17.7. The molecule has 11 heteroatoms. The molecule has 2 aliphatic rings. The number of cyclic esters (lactones) is 1. The summed E-state index contributed by atoms with van der Waals surface area (Å²) in [6, 6.07) is 5.31. The van der Waals surface area contributed by atoms with Gasteiger partial charge in [0.15, 0.2) is 0 Å². The number of halogens is 2. The summed E-state index contributed by atoms with van der Waals surface area (Å²) >= 11 is 0. The maximum atomic E-state index is 13.4. The van der Waals surface area contributed by atoms with Crippen LogP contribution in [0, 0.1) is 0 Å². The number of ether oxygens (including phenoxy) is 1. The van der Waals surface area contributed by atoms with E-state index in [0.717, 1.165) is 5.39 Å². The number of hydrogen-bond acceptors (Lipinski definition) is 6. The van der Waals surface area contributed by atoms with Crippen molar-refractivity contribution in [2.75, 3.05) is 31.1 Å². The summed E-state index contributed by atoms with van der Waals surface area (Å²) in [5.74, 6) is -3.02. The quantitative estimate of drug-likeness (QED) is 0.647. The molecule has 1 atom stereocenters. The summed E-state index contributed by atoms with van der Waals surface area (Å²) in [5, 5.41) is 0.720. The van der Waals surface area contributed by atoms with Crippen molar-refractivity contribution in [1.29, 1.82) is 0 Å². The Hall–Kier alpha value is -3.60. The first-order chi connectivity index (χ1) is 15.8. The lowest BCUT2D eigenvalue weighted by Gasteiger charge is -2.31. The third kappa shape index (κ3) is 3.99. The second-order valence-electron chi connectivity index (χ2n) is 8.22. The molecule has 0 aliphatic carbocycles. The van der Waals surface area contributed by atoms with Crippen molar-refractivity contribution < 1.29 is 23.1 Å². The van der Waals surface area contributed by atoms with Crippen LogP contribution in [0.2, 0.25) is 0 Å². The van der Waals surface area contributed by atoms with Gasteiger partial charge in [0, 0.05) is 50.3 Å². The van der Waals surface area contributed by atoms with E-state index in [1.807, 2.05) is 6.07 Å². The van der Waals surface area contributed by atoms with Crippen LogP contribution in [0.3, 0.4) is 0 Å². The smallest absolute Gasteiger partial charge is 0.414 e. The lowest BCUT2D eigenvalue weighted by atomic mass is 10.1. The Morgan fingerprint density at radius 3 is 2.67 bits per heavy atom. The van der Waals surface area contributed by atoms with E-state index in [1.165, 1.54) is 16.0 Å². The van der Waals surface area contributed by atoms with E-state index in [1.54, 1.807) is 35.3 Å². The van der Waals surface area contributed by atoms with E-state index in [9.17, 15) is 18.4 Å². The van der Waals surface area contributed by atoms with Gasteiger partial charge < -0.3 is 15.4 Å². The molecule has 3 aromatic heterocycles. The highest BCUT2D eigenvalue weighted by Crippen LogP contribution is 2.29. The molecule has 172 valence electrons. The molecule has 0 bridgehead atoms. The first kappa shape index (κ1) is 21.3.